The molecule has 0 radical (unpaired) electrons. The number of carbonyl (C=O) groups is 1. The molecule has 1 amide bonds. The second kappa shape index (κ2) is 6.35. The fourth-order valence-corrected chi connectivity index (χ4v) is 4.01. The first-order valence-electron chi connectivity index (χ1n) is 7.32. The van der Waals surface area contributed by atoms with E-state index in [0.29, 0.717) is 22.3 Å². The molecule has 6 heteroatoms. The summed E-state index contributed by atoms with van der Waals surface area (Å²) in [5.74, 6) is 0.832. The number of hydrogen-bond acceptors (Lipinski definition) is 5. The van der Waals surface area contributed by atoms with Crippen LogP contribution in [-0.2, 0) is 0 Å². The zero-order valence-electron chi connectivity index (χ0n) is 12.6. The van der Waals surface area contributed by atoms with Crippen molar-refractivity contribution in [3.05, 3.63) is 10.4 Å². The number of rotatable bonds is 3. The minimum Gasteiger partial charge on any atom is -0.396 e. The monoisotopic (exact) mass is 306 g/mol. The topological polar surface area (TPSA) is 96.1 Å². The number of carbonyl (C=O) groups excluding carboxylic acids is 1. The summed E-state index contributed by atoms with van der Waals surface area (Å²) in [6, 6.07) is 2.13. The van der Waals surface area contributed by atoms with Crippen LogP contribution in [0.4, 0.5) is 10.7 Å². The van der Waals surface area contributed by atoms with Gasteiger partial charge in [0.25, 0.3) is 5.91 Å². The summed E-state index contributed by atoms with van der Waals surface area (Å²) in [4.78, 5) is 13.9. The highest BCUT2D eigenvalue weighted by molar-refractivity contribution is 7.19. The third-order valence-corrected chi connectivity index (χ3v) is 5.55. The Labute approximate surface area is 129 Å². The fourth-order valence-electron chi connectivity index (χ4n) is 2.94. The lowest BCUT2D eigenvalue weighted by molar-refractivity contribution is 0.100. The molecule has 21 heavy (non-hydrogen) atoms. The van der Waals surface area contributed by atoms with E-state index in [2.05, 4.69) is 24.8 Å². The smallest absolute Gasteiger partial charge is 0.261 e. The summed E-state index contributed by atoms with van der Waals surface area (Å²) in [5, 5.41) is 10.1. The van der Waals surface area contributed by atoms with E-state index in [1.54, 1.807) is 0 Å². The summed E-state index contributed by atoms with van der Waals surface area (Å²) in [7, 11) is 0. The second-order valence-corrected chi connectivity index (χ2v) is 6.92. The number of anilines is 2. The van der Waals surface area contributed by atoms with Crippen LogP contribution in [0.2, 0.25) is 0 Å². The quantitative estimate of drug-likeness (QED) is 0.897. The van der Waals surface area contributed by atoms with Crippen molar-refractivity contribution >= 4 is 27.9 Å². The van der Waals surface area contributed by atoms with Crippen LogP contribution in [0.5, 0.6) is 0 Å². The lowest BCUT2D eigenvalue weighted by Crippen LogP contribution is -2.24. The summed E-state index contributed by atoms with van der Waals surface area (Å²) in [5.41, 5.74) is 11.9. The van der Waals surface area contributed by atoms with Crippen molar-refractivity contribution in [2.45, 2.75) is 33.1 Å². The van der Waals surface area contributed by atoms with Crippen LogP contribution < -0.4 is 16.4 Å². The lowest BCUT2D eigenvalue weighted by Gasteiger charge is -2.22. The summed E-state index contributed by atoms with van der Waals surface area (Å²) in [6.45, 7) is 6.32. The first-order valence-corrected chi connectivity index (χ1v) is 8.14. The second-order valence-electron chi connectivity index (χ2n) is 5.92. The van der Waals surface area contributed by atoms with Gasteiger partial charge >= 0.3 is 0 Å². The van der Waals surface area contributed by atoms with Gasteiger partial charge in [-0.2, -0.15) is 5.26 Å². The van der Waals surface area contributed by atoms with Crippen LogP contribution in [0.25, 0.3) is 0 Å². The van der Waals surface area contributed by atoms with Gasteiger partial charge in [0, 0.05) is 13.1 Å². The number of primary amides is 1. The molecule has 0 saturated carbocycles. The average molecular weight is 306 g/mol. The Hall–Kier alpha value is -1.74. The van der Waals surface area contributed by atoms with Gasteiger partial charge in [0.05, 0.1) is 5.69 Å². The highest BCUT2D eigenvalue weighted by Crippen LogP contribution is 2.39. The van der Waals surface area contributed by atoms with Gasteiger partial charge in [-0.3, -0.25) is 4.79 Å². The number of nitrogen functional groups attached to an aromatic ring is 1. The first kappa shape index (κ1) is 15.6. The van der Waals surface area contributed by atoms with E-state index in [1.165, 1.54) is 17.8 Å². The van der Waals surface area contributed by atoms with Crippen molar-refractivity contribution in [3.63, 3.8) is 0 Å². The van der Waals surface area contributed by atoms with Gasteiger partial charge in [0.2, 0.25) is 0 Å². The molecule has 1 aromatic rings. The van der Waals surface area contributed by atoms with Gasteiger partial charge in [-0.25, -0.2) is 0 Å². The molecular weight excluding hydrogens is 284 g/mol. The van der Waals surface area contributed by atoms with E-state index in [1.807, 2.05) is 0 Å². The molecule has 1 unspecified atom stereocenters. The van der Waals surface area contributed by atoms with E-state index in [9.17, 15) is 10.1 Å². The number of thiophene rings is 1. The Bertz CT molecular complexity index is 573. The molecular formula is C15H22N4OS. The third-order valence-electron chi connectivity index (χ3n) is 4.26. The zero-order valence-corrected chi connectivity index (χ0v) is 13.4. The maximum atomic E-state index is 11.4. The number of nitrogens with zero attached hydrogens (tertiary/aromatic N) is 2. The minimum absolute atomic E-state index is 0.231. The maximum Gasteiger partial charge on any atom is 0.261 e. The Balaban J connectivity index is 2.28. The average Bonchev–Trinajstić information content (AvgIpc) is 2.62. The number of hydrogen-bond donors (Lipinski definition) is 2. The lowest BCUT2D eigenvalue weighted by atomic mass is 9.89. The molecule has 1 saturated heterocycles. The predicted octanol–water partition coefficient (Wildman–Crippen LogP) is 2.56. The predicted molar refractivity (Wildman–Crippen MR) is 86.4 cm³/mol. The fraction of sp³-hybridized carbons (Fsp3) is 0.600. The van der Waals surface area contributed by atoms with Gasteiger partial charge in [-0.05, 0) is 31.1 Å². The molecule has 1 aliphatic rings. The molecule has 0 aromatic carbocycles. The molecule has 0 aliphatic carbocycles. The number of amides is 1. The molecule has 1 aliphatic heterocycles. The zero-order chi connectivity index (χ0) is 15.6. The van der Waals surface area contributed by atoms with Crippen molar-refractivity contribution in [1.29, 1.82) is 5.26 Å². The molecule has 1 atom stereocenters. The molecule has 2 heterocycles. The SMILES string of the molecule is CC(C)C1CCCN(c2sc(C(N)=O)c(N)c2C#N)CC1. The van der Waals surface area contributed by atoms with Crippen molar-refractivity contribution in [3.8, 4) is 6.07 Å². The first-order chi connectivity index (χ1) is 9.95. The van der Waals surface area contributed by atoms with Crippen LogP contribution in [-0.4, -0.2) is 19.0 Å². The van der Waals surface area contributed by atoms with Crippen LogP contribution in [0.15, 0.2) is 0 Å². The van der Waals surface area contributed by atoms with E-state index in [-0.39, 0.29) is 5.69 Å². The molecule has 1 aromatic heterocycles. The molecule has 114 valence electrons. The van der Waals surface area contributed by atoms with Crippen molar-refractivity contribution in [2.75, 3.05) is 23.7 Å². The van der Waals surface area contributed by atoms with Crippen LogP contribution in [0.1, 0.15) is 48.3 Å². The highest BCUT2D eigenvalue weighted by Gasteiger charge is 2.26. The highest BCUT2D eigenvalue weighted by atomic mass is 32.1. The largest absolute Gasteiger partial charge is 0.396 e. The van der Waals surface area contributed by atoms with Crippen molar-refractivity contribution in [2.24, 2.45) is 17.6 Å². The van der Waals surface area contributed by atoms with Gasteiger partial charge in [-0.15, -0.1) is 11.3 Å². The maximum absolute atomic E-state index is 11.4. The van der Waals surface area contributed by atoms with Crippen LogP contribution in [0, 0.1) is 23.2 Å². The van der Waals surface area contributed by atoms with Gasteiger partial charge < -0.3 is 16.4 Å². The van der Waals surface area contributed by atoms with Gasteiger partial charge in [-0.1, -0.05) is 13.8 Å². The minimum atomic E-state index is -0.560. The molecule has 1 fully saturated rings. The molecule has 0 spiro atoms. The molecule has 2 rings (SSSR count). The van der Waals surface area contributed by atoms with Crippen molar-refractivity contribution < 1.29 is 4.79 Å². The van der Waals surface area contributed by atoms with Crippen molar-refractivity contribution in [1.82, 2.24) is 0 Å². The Kier molecular flexibility index (Phi) is 4.73. The van der Waals surface area contributed by atoms with E-state index < -0.39 is 5.91 Å². The number of nitriles is 1. The van der Waals surface area contributed by atoms with Crippen LogP contribution >= 0.6 is 11.3 Å². The Morgan fingerprint density at radius 3 is 2.71 bits per heavy atom. The summed E-state index contributed by atoms with van der Waals surface area (Å²) >= 11 is 1.25. The Morgan fingerprint density at radius 2 is 2.14 bits per heavy atom. The summed E-state index contributed by atoms with van der Waals surface area (Å²) < 4.78 is 0. The Morgan fingerprint density at radius 1 is 1.43 bits per heavy atom. The number of nitrogens with two attached hydrogens (primary N) is 2. The molecule has 4 N–H and O–H groups in total. The third kappa shape index (κ3) is 3.13. The van der Waals surface area contributed by atoms with E-state index in [4.69, 9.17) is 11.5 Å². The van der Waals surface area contributed by atoms with Gasteiger partial charge in [0.15, 0.2) is 0 Å². The molecule has 0 bridgehead atoms. The van der Waals surface area contributed by atoms with Crippen LogP contribution in [0.3, 0.4) is 0 Å². The standard InChI is InChI=1S/C15H22N4OS/c1-9(2)10-4-3-6-19(7-5-10)15-11(8-16)12(17)13(21-15)14(18)20/h9-10H,3-7,17H2,1-2H3,(H2,18,20). The van der Waals surface area contributed by atoms with E-state index in [0.717, 1.165) is 30.9 Å². The normalized spacial score (nSPS) is 19.3. The summed E-state index contributed by atoms with van der Waals surface area (Å²) in [6.07, 6.45) is 3.41. The van der Waals surface area contributed by atoms with E-state index >= 15 is 0 Å². The van der Waals surface area contributed by atoms with Gasteiger partial charge in [0.1, 0.15) is 21.5 Å². The molecule has 5 nitrogen and oxygen atoms in total.